The van der Waals surface area contributed by atoms with Gasteiger partial charge in [-0.25, -0.2) is 4.79 Å². The van der Waals surface area contributed by atoms with Crippen molar-refractivity contribution >= 4 is 11.7 Å². The van der Waals surface area contributed by atoms with Gasteiger partial charge >= 0.3 is 6.03 Å². The monoisotopic (exact) mass is 336 g/mol. The molecule has 128 valence electrons. The molecule has 7 heteroatoms. The maximum atomic E-state index is 12.2. The van der Waals surface area contributed by atoms with Crippen LogP contribution in [-0.2, 0) is 19.4 Å². The first-order valence-electron chi connectivity index (χ1n) is 8.41. The lowest BCUT2D eigenvalue weighted by molar-refractivity contribution is 0.247. The Kier molecular flexibility index (Phi) is 4.20. The van der Waals surface area contributed by atoms with Crippen molar-refractivity contribution in [2.24, 2.45) is 0 Å². The number of aromatic amines is 1. The number of hydrogen-bond acceptors (Lipinski definition) is 3. The molecule has 7 nitrogen and oxygen atoms in total. The lowest BCUT2D eigenvalue weighted by Crippen LogP contribution is -2.41. The average molecular weight is 336 g/mol. The molecule has 0 radical (unpaired) electrons. The van der Waals surface area contributed by atoms with E-state index in [1.807, 2.05) is 47.4 Å². The van der Waals surface area contributed by atoms with Crippen molar-refractivity contribution in [1.82, 2.24) is 25.3 Å². The SMILES string of the molecule is O=C(Nc1cnn(Cc2ccccc2)c1)NC1CCc2cn[nH]c2C1. The maximum absolute atomic E-state index is 12.2. The Hall–Kier alpha value is -3.09. The summed E-state index contributed by atoms with van der Waals surface area (Å²) in [6.45, 7) is 0.676. The van der Waals surface area contributed by atoms with Gasteiger partial charge in [-0.15, -0.1) is 0 Å². The molecule has 2 amide bonds. The molecule has 1 atom stereocenters. The van der Waals surface area contributed by atoms with Crippen LogP contribution in [0.2, 0.25) is 0 Å². The molecule has 0 saturated carbocycles. The highest BCUT2D eigenvalue weighted by Crippen LogP contribution is 2.19. The molecule has 1 aliphatic carbocycles. The van der Waals surface area contributed by atoms with Gasteiger partial charge in [-0.2, -0.15) is 10.2 Å². The van der Waals surface area contributed by atoms with E-state index >= 15 is 0 Å². The van der Waals surface area contributed by atoms with Crippen molar-refractivity contribution in [3.8, 4) is 0 Å². The summed E-state index contributed by atoms with van der Waals surface area (Å²) in [5.41, 5.74) is 4.22. The predicted octanol–water partition coefficient (Wildman–Crippen LogP) is 2.33. The standard InChI is InChI=1S/C18H20N6O/c25-18(21-15-7-6-14-9-19-23-17(14)8-15)22-16-10-20-24(12-16)11-13-4-2-1-3-5-13/h1-5,9-10,12,15H,6-8,11H2,(H,19,23)(H2,21,22,25). The number of amides is 2. The zero-order chi connectivity index (χ0) is 17.1. The number of carbonyl (C=O) groups is 1. The van der Waals surface area contributed by atoms with Gasteiger partial charge in [-0.3, -0.25) is 9.78 Å². The molecule has 0 spiro atoms. The molecule has 2 heterocycles. The third-order valence-corrected chi connectivity index (χ3v) is 4.43. The summed E-state index contributed by atoms with van der Waals surface area (Å²) >= 11 is 0. The molecular weight excluding hydrogens is 316 g/mol. The van der Waals surface area contributed by atoms with E-state index in [4.69, 9.17) is 0 Å². The van der Waals surface area contributed by atoms with E-state index in [9.17, 15) is 4.79 Å². The van der Waals surface area contributed by atoms with Crippen molar-refractivity contribution in [3.63, 3.8) is 0 Å². The summed E-state index contributed by atoms with van der Waals surface area (Å²) < 4.78 is 1.81. The summed E-state index contributed by atoms with van der Waals surface area (Å²) in [6.07, 6.45) is 8.01. The molecule has 3 N–H and O–H groups in total. The highest BCUT2D eigenvalue weighted by atomic mass is 16.2. The fourth-order valence-corrected chi connectivity index (χ4v) is 3.17. The number of aromatic nitrogens is 4. The van der Waals surface area contributed by atoms with Crippen molar-refractivity contribution in [1.29, 1.82) is 0 Å². The van der Waals surface area contributed by atoms with Gasteiger partial charge in [-0.05, 0) is 24.0 Å². The molecule has 0 fully saturated rings. The van der Waals surface area contributed by atoms with E-state index < -0.39 is 0 Å². The molecule has 0 bridgehead atoms. The van der Waals surface area contributed by atoms with Crippen LogP contribution >= 0.6 is 0 Å². The zero-order valence-corrected chi connectivity index (χ0v) is 13.8. The minimum Gasteiger partial charge on any atom is -0.335 e. The van der Waals surface area contributed by atoms with Gasteiger partial charge < -0.3 is 10.6 Å². The summed E-state index contributed by atoms with van der Waals surface area (Å²) in [5.74, 6) is 0. The molecule has 25 heavy (non-hydrogen) atoms. The molecule has 0 aliphatic heterocycles. The quantitative estimate of drug-likeness (QED) is 0.683. The fourth-order valence-electron chi connectivity index (χ4n) is 3.17. The van der Waals surface area contributed by atoms with Crippen molar-refractivity contribution in [2.75, 3.05) is 5.32 Å². The molecule has 2 aromatic heterocycles. The van der Waals surface area contributed by atoms with E-state index in [1.54, 1.807) is 6.20 Å². The number of benzene rings is 1. The minimum atomic E-state index is -0.202. The number of carbonyl (C=O) groups excluding carboxylic acids is 1. The van der Waals surface area contributed by atoms with Crippen LogP contribution in [0.5, 0.6) is 0 Å². The third-order valence-electron chi connectivity index (χ3n) is 4.43. The normalized spacial score (nSPS) is 16.2. The first kappa shape index (κ1) is 15.4. The fraction of sp³-hybridized carbons (Fsp3) is 0.278. The minimum absolute atomic E-state index is 0.118. The summed E-state index contributed by atoms with van der Waals surface area (Å²) in [7, 11) is 0. The lowest BCUT2D eigenvalue weighted by Gasteiger charge is -2.22. The number of aryl methyl sites for hydroxylation is 1. The largest absolute Gasteiger partial charge is 0.335 e. The van der Waals surface area contributed by atoms with Crippen LogP contribution in [0, 0.1) is 0 Å². The number of urea groups is 1. The second-order valence-corrected chi connectivity index (χ2v) is 6.32. The molecule has 0 saturated heterocycles. The average Bonchev–Trinajstić information content (AvgIpc) is 3.24. The number of rotatable bonds is 4. The number of H-pyrrole nitrogens is 1. The van der Waals surface area contributed by atoms with Gasteiger partial charge in [0.1, 0.15) is 0 Å². The van der Waals surface area contributed by atoms with E-state index in [0.29, 0.717) is 12.2 Å². The molecule has 1 aromatic carbocycles. The van der Waals surface area contributed by atoms with E-state index in [1.165, 1.54) is 11.1 Å². The summed E-state index contributed by atoms with van der Waals surface area (Å²) in [6, 6.07) is 10.0. The topological polar surface area (TPSA) is 87.6 Å². The Balaban J connectivity index is 1.31. The van der Waals surface area contributed by atoms with E-state index in [2.05, 4.69) is 25.9 Å². The Morgan fingerprint density at radius 3 is 3.04 bits per heavy atom. The first-order chi connectivity index (χ1) is 12.3. The second-order valence-electron chi connectivity index (χ2n) is 6.32. The summed E-state index contributed by atoms with van der Waals surface area (Å²) in [4.78, 5) is 12.2. The lowest BCUT2D eigenvalue weighted by atomic mass is 9.94. The first-order valence-corrected chi connectivity index (χ1v) is 8.41. The van der Waals surface area contributed by atoms with Crippen LogP contribution in [0.1, 0.15) is 23.2 Å². The van der Waals surface area contributed by atoms with Gasteiger partial charge in [0.25, 0.3) is 0 Å². The van der Waals surface area contributed by atoms with Gasteiger partial charge in [-0.1, -0.05) is 30.3 Å². The molecule has 4 rings (SSSR count). The highest BCUT2D eigenvalue weighted by molar-refractivity contribution is 5.89. The highest BCUT2D eigenvalue weighted by Gasteiger charge is 2.21. The third kappa shape index (κ3) is 3.71. The zero-order valence-electron chi connectivity index (χ0n) is 13.8. The molecule has 1 aliphatic rings. The smallest absolute Gasteiger partial charge is 0.319 e. The van der Waals surface area contributed by atoms with E-state index in [-0.39, 0.29) is 12.1 Å². The Labute approximate surface area is 145 Å². The summed E-state index contributed by atoms with van der Waals surface area (Å²) in [5, 5.41) is 17.2. The Morgan fingerprint density at radius 2 is 2.16 bits per heavy atom. The van der Waals surface area contributed by atoms with Crippen molar-refractivity contribution in [2.45, 2.75) is 31.8 Å². The van der Waals surface area contributed by atoms with Gasteiger partial charge in [0.2, 0.25) is 0 Å². The van der Waals surface area contributed by atoms with E-state index in [0.717, 1.165) is 25.0 Å². The predicted molar refractivity (Wildman–Crippen MR) is 94.3 cm³/mol. The molecule has 1 unspecified atom stereocenters. The number of anilines is 1. The van der Waals surface area contributed by atoms with Crippen LogP contribution in [-0.4, -0.2) is 32.1 Å². The van der Waals surface area contributed by atoms with Crippen LogP contribution in [0.25, 0.3) is 0 Å². The second kappa shape index (κ2) is 6.80. The van der Waals surface area contributed by atoms with Crippen LogP contribution in [0.15, 0.2) is 48.9 Å². The Morgan fingerprint density at radius 1 is 1.28 bits per heavy atom. The maximum Gasteiger partial charge on any atom is 0.319 e. The van der Waals surface area contributed by atoms with Crippen LogP contribution < -0.4 is 10.6 Å². The van der Waals surface area contributed by atoms with Crippen LogP contribution in [0.3, 0.4) is 0 Å². The number of fused-ring (bicyclic) bond motifs is 1. The molecule has 3 aromatic rings. The number of nitrogens with zero attached hydrogens (tertiary/aromatic N) is 3. The Bertz CT molecular complexity index is 853. The van der Waals surface area contributed by atoms with Gasteiger partial charge in [0.15, 0.2) is 0 Å². The van der Waals surface area contributed by atoms with Crippen molar-refractivity contribution < 1.29 is 4.79 Å². The van der Waals surface area contributed by atoms with Crippen LogP contribution in [0.4, 0.5) is 10.5 Å². The number of hydrogen-bond donors (Lipinski definition) is 3. The van der Waals surface area contributed by atoms with Gasteiger partial charge in [0, 0.05) is 24.4 Å². The van der Waals surface area contributed by atoms with Crippen molar-refractivity contribution in [3.05, 3.63) is 65.7 Å². The molecular formula is C18H20N6O. The number of nitrogens with one attached hydrogen (secondary N) is 3. The van der Waals surface area contributed by atoms with Gasteiger partial charge in [0.05, 0.1) is 24.6 Å².